The molecule has 0 unspecified atom stereocenters. The zero-order valence-corrected chi connectivity index (χ0v) is 16.4. The van der Waals surface area contributed by atoms with Gasteiger partial charge in [0.25, 0.3) is 5.91 Å². The molecule has 0 aliphatic heterocycles. The minimum Gasteiger partial charge on any atom is -0.379 e. The molecule has 0 saturated carbocycles. The van der Waals surface area contributed by atoms with Gasteiger partial charge in [-0.3, -0.25) is 9.78 Å². The van der Waals surface area contributed by atoms with Crippen molar-refractivity contribution >= 4 is 16.0 Å². The Labute approximate surface area is 164 Å². The van der Waals surface area contributed by atoms with Crippen molar-refractivity contribution in [1.82, 2.24) is 10.3 Å². The van der Waals surface area contributed by atoms with E-state index < -0.39 is 10.1 Å². The van der Waals surface area contributed by atoms with Crippen molar-refractivity contribution < 1.29 is 17.4 Å². The second-order valence-corrected chi connectivity index (χ2v) is 7.89. The molecular weight excluding hydrogens is 376 g/mol. The minimum absolute atomic E-state index is 0.130. The molecule has 0 fully saturated rings. The van der Waals surface area contributed by atoms with E-state index in [2.05, 4.69) is 10.3 Å². The SMILES string of the molecule is Cc1ccc(C)c(S(=O)(=O)Oc2ccc(C(=O)NCc3cccnc3)cc2)c1. The maximum atomic E-state index is 12.5. The monoisotopic (exact) mass is 396 g/mol. The van der Waals surface area contributed by atoms with Crippen LogP contribution in [0.15, 0.2) is 71.9 Å². The van der Waals surface area contributed by atoms with E-state index in [0.29, 0.717) is 17.7 Å². The maximum Gasteiger partial charge on any atom is 0.339 e. The largest absolute Gasteiger partial charge is 0.379 e. The number of nitrogens with zero attached hydrogens (tertiary/aromatic N) is 1. The average Bonchev–Trinajstić information content (AvgIpc) is 2.69. The highest BCUT2D eigenvalue weighted by Gasteiger charge is 2.19. The lowest BCUT2D eigenvalue weighted by atomic mass is 10.2. The van der Waals surface area contributed by atoms with Gasteiger partial charge in [-0.15, -0.1) is 0 Å². The molecule has 28 heavy (non-hydrogen) atoms. The first-order valence-corrected chi connectivity index (χ1v) is 10.0. The van der Waals surface area contributed by atoms with Crippen molar-refractivity contribution in [3.05, 3.63) is 89.2 Å². The van der Waals surface area contributed by atoms with Gasteiger partial charge in [0.2, 0.25) is 0 Å². The Balaban J connectivity index is 1.68. The van der Waals surface area contributed by atoms with Crippen molar-refractivity contribution in [3.8, 4) is 5.75 Å². The molecule has 6 nitrogen and oxygen atoms in total. The van der Waals surface area contributed by atoms with Gasteiger partial charge in [0.05, 0.1) is 0 Å². The third-order valence-corrected chi connectivity index (χ3v) is 5.50. The topological polar surface area (TPSA) is 85.4 Å². The van der Waals surface area contributed by atoms with Crippen LogP contribution in [0, 0.1) is 13.8 Å². The molecule has 2 aromatic carbocycles. The van der Waals surface area contributed by atoms with Gasteiger partial charge >= 0.3 is 10.1 Å². The Morgan fingerprint density at radius 1 is 1.07 bits per heavy atom. The van der Waals surface area contributed by atoms with Gasteiger partial charge < -0.3 is 9.50 Å². The van der Waals surface area contributed by atoms with Gasteiger partial charge in [-0.2, -0.15) is 8.42 Å². The highest BCUT2D eigenvalue weighted by atomic mass is 32.2. The second kappa shape index (κ2) is 8.22. The number of hydrogen-bond acceptors (Lipinski definition) is 5. The molecule has 1 heterocycles. The van der Waals surface area contributed by atoms with Gasteiger partial charge in [0, 0.05) is 24.5 Å². The zero-order valence-electron chi connectivity index (χ0n) is 15.5. The number of nitrogens with one attached hydrogen (secondary N) is 1. The van der Waals surface area contributed by atoms with Crippen LogP contribution in [0.1, 0.15) is 27.0 Å². The van der Waals surface area contributed by atoms with Crippen LogP contribution in [0.4, 0.5) is 0 Å². The fraction of sp³-hybridized carbons (Fsp3) is 0.143. The maximum absolute atomic E-state index is 12.5. The molecule has 0 spiro atoms. The smallest absolute Gasteiger partial charge is 0.339 e. The summed E-state index contributed by atoms with van der Waals surface area (Å²) in [6, 6.07) is 14.8. The summed E-state index contributed by atoms with van der Waals surface area (Å²) in [5.74, 6) is -0.127. The summed E-state index contributed by atoms with van der Waals surface area (Å²) in [4.78, 5) is 16.4. The predicted molar refractivity (Wildman–Crippen MR) is 106 cm³/mol. The Bertz CT molecular complexity index is 1080. The Morgan fingerprint density at radius 2 is 1.82 bits per heavy atom. The molecule has 0 bridgehead atoms. The van der Waals surface area contributed by atoms with E-state index in [0.717, 1.165) is 11.1 Å². The van der Waals surface area contributed by atoms with Gasteiger partial charge in [-0.05, 0) is 66.9 Å². The molecule has 0 atom stereocenters. The molecular formula is C21H20N2O4S. The van der Waals surface area contributed by atoms with Crippen molar-refractivity contribution in [1.29, 1.82) is 0 Å². The molecule has 144 valence electrons. The van der Waals surface area contributed by atoms with Gasteiger partial charge in [0.1, 0.15) is 10.6 Å². The number of carbonyl (C=O) groups is 1. The first-order chi connectivity index (χ1) is 13.3. The van der Waals surface area contributed by atoms with Gasteiger partial charge in [-0.1, -0.05) is 18.2 Å². The fourth-order valence-electron chi connectivity index (χ4n) is 2.60. The summed E-state index contributed by atoms with van der Waals surface area (Å²) < 4.78 is 30.3. The van der Waals surface area contributed by atoms with Crippen molar-refractivity contribution in [2.45, 2.75) is 25.3 Å². The molecule has 0 radical (unpaired) electrons. The number of hydrogen-bond donors (Lipinski definition) is 1. The van der Waals surface area contributed by atoms with Gasteiger partial charge in [-0.25, -0.2) is 0 Å². The first kappa shape index (κ1) is 19.6. The highest BCUT2D eigenvalue weighted by molar-refractivity contribution is 7.87. The van der Waals surface area contributed by atoms with Crippen LogP contribution in [-0.4, -0.2) is 19.3 Å². The average molecular weight is 396 g/mol. The van der Waals surface area contributed by atoms with E-state index in [1.165, 1.54) is 24.3 Å². The lowest BCUT2D eigenvalue weighted by molar-refractivity contribution is 0.0951. The zero-order chi connectivity index (χ0) is 20.1. The van der Waals surface area contributed by atoms with Crippen molar-refractivity contribution in [3.63, 3.8) is 0 Å². The standard InChI is InChI=1S/C21H20N2O4S/c1-15-5-6-16(2)20(12-15)28(25,26)27-19-9-7-18(8-10-19)21(24)23-14-17-4-3-11-22-13-17/h3-13H,14H2,1-2H3,(H,23,24). The summed E-state index contributed by atoms with van der Waals surface area (Å²) >= 11 is 0. The normalized spacial score (nSPS) is 11.1. The molecule has 0 aliphatic rings. The van der Waals surface area contributed by atoms with Crippen LogP contribution in [0.5, 0.6) is 5.75 Å². The summed E-state index contributed by atoms with van der Waals surface area (Å²) in [5.41, 5.74) is 2.72. The molecule has 3 aromatic rings. The number of benzene rings is 2. The molecule has 1 aromatic heterocycles. The lowest BCUT2D eigenvalue weighted by Gasteiger charge is -2.11. The second-order valence-electron chi connectivity index (χ2n) is 6.37. The fourth-order valence-corrected chi connectivity index (χ4v) is 3.84. The summed E-state index contributed by atoms with van der Waals surface area (Å²) in [5, 5.41) is 2.78. The van der Waals surface area contributed by atoms with Crippen LogP contribution in [0.2, 0.25) is 0 Å². The molecule has 0 saturated heterocycles. The number of rotatable bonds is 6. The third kappa shape index (κ3) is 4.75. The third-order valence-electron chi connectivity index (χ3n) is 4.11. The van der Waals surface area contributed by atoms with Crippen molar-refractivity contribution in [2.24, 2.45) is 0 Å². The first-order valence-electron chi connectivity index (χ1n) is 8.64. The van der Waals surface area contributed by atoms with Crippen molar-refractivity contribution in [2.75, 3.05) is 0 Å². The van der Waals surface area contributed by atoms with Crippen LogP contribution in [0.25, 0.3) is 0 Å². The lowest BCUT2D eigenvalue weighted by Crippen LogP contribution is -2.22. The van der Waals surface area contributed by atoms with Crippen LogP contribution < -0.4 is 9.50 Å². The molecule has 3 rings (SSSR count). The van der Waals surface area contributed by atoms with E-state index in [4.69, 9.17) is 4.18 Å². The van der Waals surface area contributed by atoms with E-state index in [1.807, 2.05) is 19.1 Å². The quantitative estimate of drug-likeness (QED) is 0.646. The van der Waals surface area contributed by atoms with E-state index >= 15 is 0 Å². The number of carbonyl (C=O) groups excluding carboxylic acids is 1. The minimum atomic E-state index is -3.95. The van der Waals surface area contributed by atoms with E-state index in [-0.39, 0.29) is 16.6 Å². The van der Waals surface area contributed by atoms with Crippen LogP contribution in [-0.2, 0) is 16.7 Å². The van der Waals surface area contributed by atoms with E-state index in [1.54, 1.807) is 37.5 Å². The summed E-state index contributed by atoms with van der Waals surface area (Å²) in [7, 11) is -3.95. The number of pyridine rings is 1. The number of aromatic nitrogens is 1. The number of aryl methyl sites for hydroxylation is 2. The molecule has 1 N–H and O–H groups in total. The number of amides is 1. The Morgan fingerprint density at radius 3 is 2.50 bits per heavy atom. The Kier molecular flexibility index (Phi) is 5.75. The predicted octanol–water partition coefficient (Wildman–Crippen LogP) is 3.40. The van der Waals surface area contributed by atoms with Crippen LogP contribution in [0.3, 0.4) is 0 Å². The summed E-state index contributed by atoms with van der Waals surface area (Å²) in [6.45, 7) is 3.88. The summed E-state index contributed by atoms with van der Waals surface area (Å²) in [6.07, 6.45) is 3.34. The molecule has 0 aliphatic carbocycles. The highest BCUT2D eigenvalue weighted by Crippen LogP contribution is 2.22. The van der Waals surface area contributed by atoms with E-state index in [9.17, 15) is 13.2 Å². The van der Waals surface area contributed by atoms with Gasteiger partial charge in [0.15, 0.2) is 0 Å². The Hall–Kier alpha value is -3.19. The van der Waals surface area contributed by atoms with Crippen LogP contribution >= 0.6 is 0 Å². The molecule has 1 amide bonds. The molecule has 7 heteroatoms.